The molecule has 0 heterocycles. The van der Waals surface area contributed by atoms with Gasteiger partial charge in [-0.3, -0.25) is 0 Å². The Morgan fingerprint density at radius 3 is 1.48 bits per heavy atom. The van der Waals surface area contributed by atoms with Gasteiger partial charge in [0.1, 0.15) is 5.82 Å². The second-order valence-electron chi connectivity index (χ2n) is 6.86. The van der Waals surface area contributed by atoms with Crippen molar-refractivity contribution in [2.75, 3.05) is 0 Å². The molecule has 0 nitrogen and oxygen atoms in total. The molecule has 27 heavy (non-hydrogen) atoms. The van der Waals surface area contributed by atoms with Gasteiger partial charge in [0.2, 0.25) is 0 Å². The van der Waals surface area contributed by atoms with E-state index < -0.39 is 0 Å². The summed E-state index contributed by atoms with van der Waals surface area (Å²) in [6, 6.07) is 22.4. The molecule has 0 radical (unpaired) electrons. The van der Waals surface area contributed by atoms with Gasteiger partial charge in [-0.1, -0.05) is 80.1 Å². The third kappa shape index (κ3) is 8.68. The van der Waals surface area contributed by atoms with Crippen molar-refractivity contribution in [2.45, 2.75) is 54.4 Å². The number of halogens is 1. The molecule has 0 saturated heterocycles. The Bertz CT molecular complexity index is 780. The number of rotatable bonds is 2. The minimum absolute atomic E-state index is 0.0978. The van der Waals surface area contributed by atoms with E-state index in [2.05, 4.69) is 76.2 Å². The van der Waals surface area contributed by atoms with Crippen LogP contribution < -0.4 is 0 Å². The van der Waals surface area contributed by atoms with Crippen molar-refractivity contribution in [3.8, 4) is 0 Å². The van der Waals surface area contributed by atoms with Crippen LogP contribution in [0.5, 0.6) is 0 Å². The van der Waals surface area contributed by atoms with Crippen LogP contribution in [-0.2, 0) is 12.8 Å². The van der Waals surface area contributed by atoms with E-state index in [4.69, 9.17) is 0 Å². The summed E-state index contributed by atoms with van der Waals surface area (Å²) < 4.78 is 12.8. The number of hydrogen-bond donors (Lipinski definition) is 0. The molecule has 1 heteroatoms. The van der Waals surface area contributed by atoms with E-state index in [1.165, 1.54) is 22.3 Å². The average molecular weight is 365 g/mol. The molecule has 0 bridgehead atoms. The molecule has 0 fully saturated rings. The zero-order valence-corrected chi connectivity index (χ0v) is 17.6. The Kier molecular flexibility index (Phi) is 10.1. The molecule has 0 saturated carbocycles. The topological polar surface area (TPSA) is 0 Å². The molecule has 3 rings (SSSR count). The Balaban J connectivity index is 0.000000204. The molecule has 0 N–H and O–H groups in total. The lowest BCUT2D eigenvalue weighted by Crippen LogP contribution is -1.85. The lowest BCUT2D eigenvalue weighted by atomic mass is 10.1. The second-order valence-corrected chi connectivity index (χ2v) is 6.86. The molecule has 0 spiro atoms. The van der Waals surface area contributed by atoms with E-state index in [0.717, 1.165) is 24.0 Å². The van der Waals surface area contributed by atoms with Gasteiger partial charge in [0.15, 0.2) is 0 Å². The monoisotopic (exact) mass is 364 g/mol. The predicted octanol–water partition coefficient (Wildman–Crippen LogP) is 7.56. The van der Waals surface area contributed by atoms with E-state index in [0.29, 0.717) is 0 Å². The first-order valence-corrected chi connectivity index (χ1v) is 9.70. The van der Waals surface area contributed by atoms with Crippen LogP contribution in [0.2, 0.25) is 0 Å². The Labute approximate surface area is 165 Å². The first-order chi connectivity index (χ1) is 12.9. The van der Waals surface area contributed by atoms with Gasteiger partial charge >= 0.3 is 0 Å². The Morgan fingerprint density at radius 1 is 0.593 bits per heavy atom. The van der Waals surface area contributed by atoms with Gasteiger partial charge in [0.25, 0.3) is 0 Å². The maximum Gasteiger partial charge on any atom is 0.126 e. The molecule has 0 aromatic heterocycles. The summed E-state index contributed by atoms with van der Waals surface area (Å²) in [6.07, 6.45) is 2.04. The van der Waals surface area contributed by atoms with Crippen molar-refractivity contribution in [3.05, 3.63) is 106 Å². The summed E-state index contributed by atoms with van der Waals surface area (Å²) in [7, 11) is 0. The molecule has 144 valence electrons. The summed E-state index contributed by atoms with van der Waals surface area (Å²) in [5, 5.41) is 0. The zero-order valence-electron chi connectivity index (χ0n) is 17.6. The maximum absolute atomic E-state index is 12.8. The van der Waals surface area contributed by atoms with Crippen LogP contribution >= 0.6 is 0 Å². The lowest BCUT2D eigenvalue weighted by Gasteiger charge is -1.98. The summed E-state index contributed by atoms with van der Waals surface area (Å²) in [5.74, 6) is -0.0978. The molecule has 3 aromatic carbocycles. The van der Waals surface area contributed by atoms with Crippen LogP contribution in [0, 0.1) is 33.5 Å². The highest BCUT2D eigenvalue weighted by Gasteiger charge is 1.95. The predicted molar refractivity (Wildman–Crippen MR) is 117 cm³/mol. The fourth-order valence-corrected chi connectivity index (χ4v) is 2.34. The third-order valence-electron chi connectivity index (χ3n) is 4.60. The molecular formula is C26H33F. The van der Waals surface area contributed by atoms with Gasteiger partial charge in [-0.15, -0.1) is 0 Å². The molecule has 0 aliphatic carbocycles. The standard InChI is InChI=1S/C9H11F.C9H12.C8H10/c1-3-8-5-4-7(2)9(10)6-8;1-3-9-6-4-8(2)5-7-9;1-7-5-3-4-6-8(7)2/h4-6H,3H2,1-2H3;4-7H,3H2,1-2H3;3-6H,1-2H3. The first-order valence-electron chi connectivity index (χ1n) is 9.70. The fraction of sp³-hybridized carbons (Fsp3) is 0.308. The van der Waals surface area contributed by atoms with Crippen LogP contribution in [0.15, 0.2) is 66.7 Å². The van der Waals surface area contributed by atoms with E-state index in [1.807, 2.05) is 19.1 Å². The number of hydrogen-bond acceptors (Lipinski definition) is 0. The number of benzene rings is 3. The van der Waals surface area contributed by atoms with Crippen LogP contribution in [-0.4, -0.2) is 0 Å². The summed E-state index contributed by atoms with van der Waals surface area (Å²) in [5.41, 5.74) is 7.27. The van der Waals surface area contributed by atoms with Crippen LogP contribution in [0.3, 0.4) is 0 Å². The van der Waals surface area contributed by atoms with Gasteiger partial charge in [0, 0.05) is 0 Å². The van der Waals surface area contributed by atoms with Crippen LogP contribution in [0.1, 0.15) is 47.2 Å². The van der Waals surface area contributed by atoms with Gasteiger partial charge < -0.3 is 0 Å². The quantitative estimate of drug-likeness (QED) is 0.440. The molecule has 0 aliphatic rings. The summed E-state index contributed by atoms with van der Waals surface area (Å²) in [4.78, 5) is 0. The summed E-state index contributed by atoms with van der Waals surface area (Å²) in [6.45, 7) is 12.3. The Hall–Kier alpha value is -2.41. The van der Waals surface area contributed by atoms with E-state index in [1.54, 1.807) is 13.0 Å². The largest absolute Gasteiger partial charge is 0.207 e. The van der Waals surface area contributed by atoms with Crippen LogP contribution in [0.25, 0.3) is 0 Å². The minimum atomic E-state index is -0.0978. The smallest absolute Gasteiger partial charge is 0.126 e. The van der Waals surface area contributed by atoms with Crippen molar-refractivity contribution in [3.63, 3.8) is 0 Å². The van der Waals surface area contributed by atoms with Crippen molar-refractivity contribution in [1.82, 2.24) is 0 Å². The van der Waals surface area contributed by atoms with Crippen molar-refractivity contribution in [2.24, 2.45) is 0 Å². The van der Waals surface area contributed by atoms with Gasteiger partial charge in [-0.2, -0.15) is 0 Å². The average Bonchev–Trinajstić information content (AvgIpc) is 2.68. The van der Waals surface area contributed by atoms with E-state index in [-0.39, 0.29) is 5.82 Å². The maximum atomic E-state index is 12.8. The normalized spacial score (nSPS) is 9.59. The van der Waals surface area contributed by atoms with Crippen molar-refractivity contribution in [1.29, 1.82) is 0 Å². The lowest BCUT2D eigenvalue weighted by molar-refractivity contribution is 0.616. The molecule has 3 aromatic rings. The van der Waals surface area contributed by atoms with E-state index >= 15 is 0 Å². The number of aryl methyl sites for hydroxylation is 6. The molecule has 0 unspecified atom stereocenters. The van der Waals surface area contributed by atoms with Gasteiger partial charge in [-0.25, -0.2) is 4.39 Å². The first kappa shape index (κ1) is 22.6. The minimum Gasteiger partial charge on any atom is -0.207 e. The molecule has 0 amide bonds. The second kappa shape index (κ2) is 12.1. The summed E-state index contributed by atoms with van der Waals surface area (Å²) >= 11 is 0. The highest BCUT2D eigenvalue weighted by molar-refractivity contribution is 5.24. The Morgan fingerprint density at radius 2 is 1.07 bits per heavy atom. The van der Waals surface area contributed by atoms with Gasteiger partial charge in [0.05, 0.1) is 0 Å². The molecule has 0 atom stereocenters. The van der Waals surface area contributed by atoms with Crippen molar-refractivity contribution < 1.29 is 4.39 Å². The highest BCUT2D eigenvalue weighted by Crippen LogP contribution is 2.09. The van der Waals surface area contributed by atoms with Crippen molar-refractivity contribution >= 4 is 0 Å². The van der Waals surface area contributed by atoms with Gasteiger partial charge in [-0.05, 0) is 74.4 Å². The van der Waals surface area contributed by atoms with E-state index in [9.17, 15) is 4.39 Å². The van der Waals surface area contributed by atoms with Crippen LogP contribution in [0.4, 0.5) is 4.39 Å². The fourth-order valence-electron chi connectivity index (χ4n) is 2.34. The molecule has 0 aliphatic heterocycles. The molecular weight excluding hydrogens is 331 g/mol. The highest BCUT2D eigenvalue weighted by atomic mass is 19.1. The SMILES string of the molecule is CCc1ccc(C)c(F)c1.CCc1ccc(C)cc1.Cc1ccccc1C. The zero-order chi connectivity index (χ0) is 20.2. The third-order valence-corrected chi connectivity index (χ3v) is 4.60.